The number of fused-ring (bicyclic) bond motifs is 1. The molecule has 30 heavy (non-hydrogen) atoms. The third-order valence-electron chi connectivity index (χ3n) is 4.95. The molecule has 1 N–H and O–H groups in total. The van der Waals surface area contributed by atoms with Crippen LogP contribution in [0, 0.1) is 0 Å². The molecule has 1 amide bonds. The first-order valence-electron chi connectivity index (χ1n) is 9.65. The smallest absolute Gasteiger partial charge is 0.313 e. The van der Waals surface area contributed by atoms with Crippen LogP contribution < -0.4 is 14.8 Å². The molecule has 0 heterocycles. The van der Waals surface area contributed by atoms with E-state index in [4.69, 9.17) is 14.2 Å². The number of anilines is 1. The molecule has 6 nitrogen and oxygen atoms in total. The number of hydrogen-bond acceptors (Lipinski definition) is 5. The first kappa shape index (κ1) is 21.2. The minimum atomic E-state index is -0.949. The first-order chi connectivity index (χ1) is 14.4. The van der Waals surface area contributed by atoms with Gasteiger partial charge in [0.05, 0.1) is 25.8 Å². The number of esters is 1. The standard InChI is InChI=1S/C24H25NO5/c1-15(17-9-10-19-14-20(28-3)12-11-18(19)13-17)24(27)30-16(2)23(26)25-21-7-5-6-8-22(21)29-4/h5-16H,1-4H3,(H,25,26)/t15-,16+/m0/s1. The van der Waals surface area contributed by atoms with Crippen LogP contribution in [0.25, 0.3) is 10.8 Å². The molecule has 0 aromatic heterocycles. The quantitative estimate of drug-likeness (QED) is 0.583. The first-order valence-corrected chi connectivity index (χ1v) is 9.65. The summed E-state index contributed by atoms with van der Waals surface area (Å²) < 4.78 is 15.9. The minimum absolute atomic E-state index is 0.425. The molecule has 156 valence electrons. The van der Waals surface area contributed by atoms with Crippen LogP contribution in [0.5, 0.6) is 11.5 Å². The van der Waals surface area contributed by atoms with Gasteiger partial charge in [0.15, 0.2) is 6.10 Å². The maximum atomic E-state index is 12.6. The topological polar surface area (TPSA) is 73.9 Å². The zero-order chi connectivity index (χ0) is 21.7. The van der Waals surface area contributed by atoms with Crippen molar-refractivity contribution in [1.82, 2.24) is 0 Å². The van der Waals surface area contributed by atoms with Crippen molar-refractivity contribution in [2.75, 3.05) is 19.5 Å². The SMILES string of the molecule is COc1ccc2cc([C@H](C)C(=O)O[C@H](C)C(=O)Nc3ccccc3OC)ccc2c1. The van der Waals surface area contributed by atoms with Crippen LogP contribution in [-0.4, -0.2) is 32.2 Å². The van der Waals surface area contributed by atoms with E-state index in [-0.39, 0.29) is 0 Å². The number of carbonyl (C=O) groups excluding carboxylic acids is 2. The van der Waals surface area contributed by atoms with E-state index < -0.39 is 23.9 Å². The molecular weight excluding hydrogens is 382 g/mol. The summed E-state index contributed by atoms with van der Waals surface area (Å²) in [5.74, 6) is -0.0997. The van der Waals surface area contributed by atoms with Crippen molar-refractivity contribution < 1.29 is 23.8 Å². The van der Waals surface area contributed by atoms with Crippen molar-refractivity contribution in [2.24, 2.45) is 0 Å². The Morgan fingerprint density at radius 3 is 2.30 bits per heavy atom. The summed E-state index contributed by atoms with van der Waals surface area (Å²) in [6.07, 6.45) is -0.949. The Morgan fingerprint density at radius 1 is 0.867 bits per heavy atom. The van der Waals surface area contributed by atoms with Crippen LogP contribution in [-0.2, 0) is 14.3 Å². The summed E-state index contributed by atoms with van der Waals surface area (Å²) in [7, 11) is 3.15. The second-order valence-electron chi connectivity index (χ2n) is 6.96. The van der Waals surface area contributed by atoms with Crippen molar-refractivity contribution in [3.63, 3.8) is 0 Å². The molecule has 3 aromatic carbocycles. The predicted octanol–water partition coefficient (Wildman–Crippen LogP) is 4.53. The Labute approximate surface area is 175 Å². The van der Waals surface area contributed by atoms with E-state index in [1.807, 2.05) is 36.4 Å². The van der Waals surface area contributed by atoms with E-state index in [9.17, 15) is 9.59 Å². The third kappa shape index (κ3) is 4.71. The normalized spacial score (nSPS) is 12.7. The summed E-state index contributed by atoms with van der Waals surface area (Å²) in [5.41, 5.74) is 1.33. The number of nitrogens with one attached hydrogen (secondary N) is 1. The van der Waals surface area contributed by atoms with Crippen molar-refractivity contribution in [3.05, 3.63) is 66.2 Å². The van der Waals surface area contributed by atoms with Crippen LogP contribution >= 0.6 is 0 Å². The molecule has 6 heteroatoms. The second kappa shape index (κ2) is 9.31. The highest BCUT2D eigenvalue weighted by molar-refractivity contribution is 5.96. The van der Waals surface area contributed by atoms with Crippen LogP contribution in [0.15, 0.2) is 60.7 Å². The zero-order valence-corrected chi connectivity index (χ0v) is 17.5. The molecule has 0 saturated carbocycles. The molecule has 0 saturated heterocycles. The Morgan fingerprint density at radius 2 is 1.57 bits per heavy atom. The fourth-order valence-electron chi connectivity index (χ4n) is 3.09. The van der Waals surface area contributed by atoms with E-state index >= 15 is 0 Å². The number of carbonyl (C=O) groups is 2. The van der Waals surface area contributed by atoms with Gasteiger partial charge in [-0.05, 0) is 54.4 Å². The molecular formula is C24H25NO5. The van der Waals surface area contributed by atoms with Crippen LogP contribution in [0.4, 0.5) is 5.69 Å². The van der Waals surface area contributed by atoms with E-state index in [1.54, 1.807) is 45.2 Å². The van der Waals surface area contributed by atoms with Crippen molar-refractivity contribution in [1.29, 1.82) is 0 Å². The Bertz CT molecular complexity index is 1060. The van der Waals surface area contributed by atoms with Crippen LogP contribution in [0.1, 0.15) is 25.3 Å². The second-order valence-corrected chi connectivity index (χ2v) is 6.96. The molecule has 0 unspecified atom stereocenters. The maximum Gasteiger partial charge on any atom is 0.313 e. The zero-order valence-electron chi connectivity index (χ0n) is 17.5. The van der Waals surface area contributed by atoms with Gasteiger partial charge in [-0.15, -0.1) is 0 Å². The summed E-state index contributed by atoms with van der Waals surface area (Å²) >= 11 is 0. The van der Waals surface area contributed by atoms with Crippen molar-refractivity contribution in [2.45, 2.75) is 25.9 Å². The highest BCUT2D eigenvalue weighted by atomic mass is 16.5. The van der Waals surface area contributed by atoms with Crippen molar-refractivity contribution in [3.8, 4) is 11.5 Å². The van der Waals surface area contributed by atoms with Gasteiger partial charge in [-0.1, -0.05) is 36.4 Å². The lowest BCUT2D eigenvalue weighted by molar-refractivity contribution is -0.154. The molecule has 0 bridgehead atoms. The van der Waals surface area contributed by atoms with Gasteiger partial charge in [0.25, 0.3) is 5.91 Å². The highest BCUT2D eigenvalue weighted by Crippen LogP contribution is 2.26. The number of methoxy groups -OCH3 is 2. The fraction of sp³-hybridized carbons (Fsp3) is 0.250. The van der Waals surface area contributed by atoms with Gasteiger partial charge in [-0.25, -0.2) is 0 Å². The van der Waals surface area contributed by atoms with Gasteiger partial charge in [0, 0.05) is 0 Å². The maximum absolute atomic E-state index is 12.6. The lowest BCUT2D eigenvalue weighted by atomic mass is 9.98. The fourth-order valence-corrected chi connectivity index (χ4v) is 3.09. The molecule has 0 fully saturated rings. The van der Waals surface area contributed by atoms with E-state index in [2.05, 4.69) is 5.32 Å². The lowest BCUT2D eigenvalue weighted by Gasteiger charge is -2.18. The lowest BCUT2D eigenvalue weighted by Crippen LogP contribution is -2.31. The number of amides is 1. The Hall–Kier alpha value is -3.54. The van der Waals surface area contributed by atoms with E-state index in [0.717, 1.165) is 22.1 Å². The number of hydrogen-bond donors (Lipinski definition) is 1. The number of para-hydroxylation sites is 2. The largest absolute Gasteiger partial charge is 0.497 e. The van der Waals surface area contributed by atoms with Gasteiger partial charge in [-0.2, -0.15) is 0 Å². The number of benzene rings is 3. The van der Waals surface area contributed by atoms with Crippen LogP contribution in [0.3, 0.4) is 0 Å². The third-order valence-corrected chi connectivity index (χ3v) is 4.95. The van der Waals surface area contributed by atoms with Gasteiger partial charge in [-0.3, -0.25) is 9.59 Å². The molecule has 3 rings (SSSR count). The van der Waals surface area contributed by atoms with Gasteiger partial charge in [0.1, 0.15) is 11.5 Å². The monoisotopic (exact) mass is 407 g/mol. The van der Waals surface area contributed by atoms with Gasteiger partial charge < -0.3 is 19.5 Å². The molecule has 0 radical (unpaired) electrons. The summed E-state index contributed by atoms with van der Waals surface area (Å²) in [5, 5.41) is 4.74. The molecule has 3 aromatic rings. The Balaban J connectivity index is 1.67. The predicted molar refractivity (Wildman–Crippen MR) is 116 cm³/mol. The highest BCUT2D eigenvalue weighted by Gasteiger charge is 2.24. The molecule has 2 atom stereocenters. The van der Waals surface area contributed by atoms with Crippen molar-refractivity contribution >= 4 is 28.3 Å². The van der Waals surface area contributed by atoms with Gasteiger partial charge in [0.2, 0.25) is 0 Å². The summed E-state index contributed by atoms with van der Waals surface area (Å²) in [6, 6.07) is 18.6. The number of ether oxygens (including phenoxy) is 3. The van der Waals surface area contributed by atoms with Gasteiger partial charge >= 0.3 is 5.97 Å². The van der Waals surface area contributed by atoms with Crippen LogP contribution in [0.2, 0.25) is 0 Å². The molecule has 0 aliphatic rings. The average Bonchev–Trinajstić information content (AvgIpc) is 2.77. The Kier molecular flexibility index (Phi) is 6.57. The van der Waals surface area contributed by atoms with E-state index in [1.165, 1.54) is 7.11 Å². The molecule has 0 spiro atoms. The number of rotatable bonds is 7. The average molecular weight is 407 g/mol. The molecule has 0 aliphatic carbocycles. The molecule has 0 aliphatic heterocycles. The van der Waals surface area contributed by atoms with E-state index in [0.29, 0.717) is 11.4 Å². The summed E-state index contributed by atoms with van der Waals surface area (Å²) in [6.45, 7) is 3.31. The summed E-state index contributed by atoms with van der Waals surface area (Å²) in [4.78, 5) is 25.1. The minimum Gasteiger partial charge on any atom is -0.497 e.